The van der Waals surface area contributed by atoms with Gasteiger partial charge in [-0.2, -0.15) is 0 Å². The lowest BCUT2D eigenvalue weighted by Crippen LogP contribution is -2.52. The van der Waals surface area contributed by atoms with E-state index < -0.39 is 11.9 Å². The SMILES string of the molecule is CCc1nc(-c2cccc3cc(-c4ccc(C(=O)NCC#Cc5cccc6c5CN(C5CCC(=O)NC5=O)C6=O)nc4)ncc23)c2n1CCN(C(C)=O)C2. The van der Waals surface area contributed by atoms with Gasteiger partial charge in [0.25, 0.3) is 11.8 Å². The molecule has 3 aliphatic heterocycles. The summed E-state index contributed by atoms with van der Waals surface area (Å²) in [5.41, 5.74) is 6.39. The standard InChI is InChI=1S/C41H36N8O5/c1-3-36-45-38(35-23-47(24(2)50)17-18-48(35)36)28-10-5-8-26-19-33(44-21-30(26)28)27-12-13-32(43-20-27)39(52)42-16-6-9-25-7-4-11-29-31(25)22-49(41(29)54)34-14-15-37(51)46-40(34)53/h4-5,7-8,10-13,19-21,34H,3,14-18,22-23H2,1-2H3,(H,42,52)(H,46,51,53). The molecule has 1 fully saturated rings. The molecule has 0 radical (unpaired) electrons. The van der Waals surface area contributed by atoms with Crippen LogP contribution < -0.4 is 10.6 Å². The van der Waals surface area contributed by atoms with Crippen LogP contribution in [-0.4, -0.2) is 78.0 Å². The fraction of sp³-hybridized carbons (Fsp3) is 0.268. The Hall–Kier alpha value is -6.68. The number of carbonyl (C=O) groups excluding carboxylic acids is 5. The minimum atomic E-state index is -0.707. The Bertz CT molecular complexity index is 2460. The smallest absolute Gasteiger partial charge is 0.270 e. The third-order valence-corrected chi connectivity index (χ3v) is 10.3. The van der Waals surface area contributed by atoms with Crippen molar-refractivity contribution in [3.63, 3.8) is 0 Å². The molecule has 8 rings (SSSR count). The highest BCUT2D eigenvalue weighted by atomic mass is 16.2. The minimum Gasteiger partial charge on any atom is -0.340 e. The number of piperidine rings is 1. The second-order valence-electron chi connectivity index (χ2n) is 13.5. The number of amides is 5. The topological polar surface area (TPSA) is 159 Å². The number of imidazole rings is 1. The highest BCUT2D eigenvalue weighted by Crippen LogP contribution is 2.35. The predicted octanol–water partition coefficient (Wildman–Crippen LogP) is 3.63. The minimum absolute atomic E-state index is 0.0507. The van der Waals surface area contributed by atoms with Gasteiger partial charge in [0.1, 0.15) is 17.6 Å². The monoisotopic (exact) mass is 720 g/mol. The fourth-order valence-corrected chi connectivity index (χ4v) is 7.47. The number of imide groups is 1. The highest BCUT2D eigenvalue weighted by Gasteiger charge is 2.39. The van der Waals surface area contributed by atoms with Crippen LogP contribution in [0.4, 0.5) is 0 Å². The van der Waals surface area contributed by atoms with Gasteiger partial charge in [-0.3, -0.25) is 39.3 Å². The zero-order chi connectivity index (χ0) is 37.5. The second kappa shape index (κ2) is 14.0. The van der Waals surface area contributed by atoms with E-state index in [4.69, 9.17) is 9.97 Å². The van der Waals surface area contributed by atoms with Gasteiger partial charge in [-0.25, -0.2) is 4.98 Å². The van der Waals surface area contributed by atoms with E-state index in [1.54, 1.807) is 43.5 Å². The van der Waals surface area contributed by atoms with Crippen molar-refractivity contribution in [1.82, 2.24) is 40.0 Å². The summed E-state index contributed by atoms with van der Waals surface area (Å²) in [7, 11) is 0. The Labute approximate surface area is 310 Å². The Morgan fingerprint density at radius 1 is 0.981 bits per heavy atom. The molecule has 2 aromatic carbocycles. The van der Waals surface area contributed by atoms with E-state index in [2.05, 4.69) is 38.9 Å². The van der Waals surface area contributed by atoms with Gasteiger partial charge >= 0.3 is 0 Å². The molecule has 6 heterocycles. The number of hydrogen-bond donors (Lipinski definition) is 2. The lowest BCUT2D eigenvalue weighted by Gasteiger charge is -2.29. The molecule has 13 heteroatoms. The summed E-state index contributed by atoms with van der Waals surface area (Å²) in [5.74, 6) is 5.61. The van der Waals surface area contributed by atoms with Gasteiger partial charge in [0, 0.05) is 79.4 Å². The summed E-state index contributed by atoms with van der Waals surface area (Å²) in [6.07, 6.45) is 4.71. The number of rotatable bonds is 6. The summed E-state index contributed by atoms with van der Waals surface area (Å²) in [5, 5.41) is 7.02. The second-order valence-corrected chi connectivity index (χ2v) is 13.5. The molecular formula is C41H36N8O5. The first-order valence-electron chi connectivity index (χ1n) is 17.9. The third kappa shape index (κ3) is 6.25. The van der Waals surface area contributed by atoms with E-state index in [1.165, 1.54) is 4.90 Å². The van der Waals surface area contributed by atoms with Gasteiger partial charge in [-0.15, -0.1) is 0 Å². The molecule has 5 amide bonds. The molecule has 0 spiro atoms. The first-order chi connectivity index (χ1) is 26.2. The first-order valence-corrected chi connectivity index (χ1v) is 17.9. The molecule has 13 nitrogen and oxygen atoms in total. The molecule has 3 aliphatic rings. The molecular weight excluding hydrogens is 685 g/mol. The molecule has 1 atom stereocenters. The molecule has 270 valence electrons. The maximum Gasteiger partial charge on any atom is 0.270 e. The molecule has 5 aromatic rings. The van der Waals surface area contributed by atoms with Gasteiger partial charge in [0.15, 0.2) is 0 Å². The zero-order valence-electron chi connectivity index (χ0n) is 29.8. The molecule has 2 N–H and O–H groups in total. The quantitative estimate of drug-likeness (QED) is 0.199. The van der Waals surface area contributed by atoms with E-state index in [0.717, 1.165) is 52.1 Å². The van der Waals surface area contributed by atoms with Crippen molar-refractivity contribution in [3.8, 4) is 34.4 Å². The van der Waals surface area contributed by atoms with Crippen LogP contribution in [0.5, 0.6) is 0 Å². The number of fused-ring (bicyclic) bond motifs is 3. The maximum absolute atomic E-state index is 13.1. The van der Waals surface area contributed by atoms with Crippen LogP contribution >= 0.6 is 0 Å². The summed E-state index contributed by atoms with van der Waals surface area (Å²) in [4.78, 5) is 79.8. The normalized spacial score (nSPS) is 16.4. The van der Waals surface area contributed by atoms with Crippen molar-refractivity contribution in [2.75, 3.05) is 13.1 Å². The van der Waals surface area contributed by atoms with Crippen molar-refractivity contribution in [3.05, 3.63) is 101 Å². The van der Waals surface area contributed by atoms with Gasteiger partial charge in [0.05, 0.1) is 30.2 Å². The Kier molecular flexibility index (Phi) is 8.95. The van der Waals surface area contributed by atoms with Crippen molar-refractivity contribution in [2.45, 2.75) is 58.8 Å². The van der Waals surface area contributed by atoms with Crippen LogP contribution in [0.1, 0.15) is 70.2 Å². The van der Waals surface area contributed by atoms with Crippen LogP contribution in [-0.2, 0) is 40.4 Å². The largest absolute Gasteiger partial charge is 0.340 e. The number of pyridine rings is 2. The van der Waals surface area contributed by atoms with Crippen molar-refractivity contribution in [2.24, 2.45) is 0 Å². The van der Waals surface area contributed by atoms with Gasteiger partial charge < -0.3 is 19.7 Å². The van der Waals surface area contributed by atoms with Crippen LogP contribution in [0.15, 0.2) is 67.0 Å². The van der Waals surface area contributed by atoms with E-state index in [-0.39, 0.29) is 55.3 Å². The molecule has 0 aliphatic carbocycles. The highest BCUT2D eigenvalue weighted by molar-refractivity contribution is 6.05. The van der Waals surface area contributed by atoms with Crippen LogP contribution in [0, 0.1) is 11.8 Å². The third-order valence-electron chi connectivity index (χ3n) is 10.3. The van der Waals surface area contributed by atoms with E-state index in [9.17, 15) is 24.0 Å². The average molecular weight is 721 g/mol. The summed E-state index contributed by atoms with van der Waals surface area (Å²) < 4.78 is 2.24. The van der Waals surface area contributed by atoms with Crippen molar-refractivity contribution in [1.29, 1.82) is 0 Å². The van der Waals surface area contributed by atoms with Crippen LogP contribution in [0.2, 0.25) is 0 Å². The van der Waals surface area contributed by atoms with Gasteiger partial charge in [-0.05, 0) is 47.7 Å². The lowest BCUT2D eigenvalue weighted by atomic mass is 10.0. The molecule has 54 heavy (non-hydrogen) atoms. The van der Waals surface area contributed by atoms with E-state index in [0.29, 0.717) is 35.5 Å². The number of nitrogens with one attached hydrogen (secondary N) is 2. The predicted molar refractivity (Wildman–Crippen MR) is 198 cm³/mol. The van der Waals surface area contributed by atoms with Crippen molar-refractivity contribution >= 4 is 40.3 Å². The first kappa shape index (κ1) is 34.4. The van der Waals surface area contributed by atoms with Crippen molar-refractivity contribution < 1.29 is 24.0 Å². The van der Waals surface area contributed by atoms with Crippen LogP contribution in [0.3, 0.4) is 0 Å². The van der Waals surface area contributed by atoms with Gasteiger partial charge in [-0.1, -0.05) is 43.0 Å². The van der Waals surface area contributed by atoms with Gasteiger partial charge in [0.2, 0.25) is 17.7 Å². The lowest BCUT2D eigenvalue weighted by molar-refractivity contribution is -0.137. The molecule has 1 unspecified atom stereocenters. The Morgan fingerprint density at radius 3 is 2.59 bits per heavy atom. The number of benzene rings is 2. The van der Waals surface area contributed by atoms with E-state index >= 15 is 0 Å². The van der Waals surface area contributed by atoms with E-state index in [1.807, 2.05) is 35.4 Å². The molecule has 3 aromatic heterocycles. The fourth-order valence-electron chi connectivity index (χ4n) is 7.47. The summed E-state index contributed by atoms with van der Waals surface area (Å²) in [6, 6.07) is 16.0. The zero-order valence-corrected chi connectivity index (χ0v) is 29.8. The molecule has 0 bridgehead atoms. The Balaban J connectivity index is 0.942. The number of nitrogens with zero attached hydrogens (tertiary/aromatic N) is 6. The number of aromatic nitrogens is 4. The van der Waals surface area contributed by atoms with Crippen LogP contribution in [0.25, 0.3) is 33.3 Å². The molecule has 0 saturated carbocycles. The number of hydrogen-bond acceptors (Lipinski definition) is 8. The summed E-state index contributed by atoms with van der Waals surface area (Å²) >= 11 is 0. The average Bonchev–Trinajstić information content (AvgIpc) is 3.73. The number of aryl methyl sites for hydroxylation is 1. The molecule has 1 saturated heterocycles. The number of carbonyl (C=O) groups is 5. The Morgan fingerprint density at radius 2 is 1.81 bits per heavy atom. The summed E-state index contributed by atoms with van der Waals surface area (Å²) in [6.45, 7) is 5.87. The maximum atomic E-state index is 13.1.